The van der Waals surface area contributed by atoms with Crippen LogP contribution in [-0.2, 0) is 22.6 Å². The van der Waals surface area contributed by atoms with Gasteiger partial charge in [0.25, 0.3) is 5.56 Å². The second-order valence-corrected chi connectivity index (χ2v) is 10.2. The van der Waals surface area contributed by atoms with Crippen molar-refractivity contribution in [3.05, 3.63) is 33.4 Å². The van der Waals surface area contributed by atoms with Gasteiger partial charge in [-0.2, -0.15) is 0 Å². The Morgan fingerprint density at radius 1 is 1.03 bits per heavy atom. The zero-order valence-electron chi connectivity index (χ0n) is 18.7. The highest BCUT2D eigenvalue weighted by Gasteiger charge is 2.55. The van der Waals surface area contributed by atoms with Gasteiger partial charge in [-0.15, -0.1) is 0 Å². The molecule has 2 aromatic rings. The Labute approximate surface area is 187 Å². The molecule has 170 valence electrons. The molecule has 32 heavy (non-hydrogen) atoms. The van der Waals surface area contributed by atoms with Gasteiger partial charge in [-0.1, -0.05) is 12.8 Å². The van der Waals surface area contributed by atoms with Crippen LogP contribution in [0.1, 0.15) is 68.3 Å². The first kappa shape index (κ1) is 20.0. The molecular weight excluding hydrogens is 406 g/mol. The molecule has 1 saturated heterocycles. The van der Waals surface area contributed by atoms with Crippen molar-refractivity contribution in [3.63, 3.8) is 0 Å². The molecule has 2 atom stereocenters. The third-order valence-electron chi connectivity index (χ3n) is 8.41. The molecule has 8 heteroatoms. The number of likely N-dealkylation sites (tertiary alicyclic amines) is 1. The summed E-state index contributed by atoms with van der Waals surface area (Å²) in [6.45, 7) is 4.06. The number of rotatable bonds is 2. The van der Waals surface area contributed by atoms with Gasteiger partial charge in [0.15, 0.2) is 5.65 Å². The summed E-state index contributed by atoms with van der Waals surface area (Å²) in [6.07, 6.45) is 7.49. The van der Waals surface area contributed by atoms with Crippen molar-refractivity contribution in [2.75, 3.05) is 19.6 Å². The maximum absolute atomic E-state index is 13.1. The Morgan fingerprint density at radius 3 is 2.44 bits per heavy atom. The van der Waals surface area contributed by atoms with Crippen molar-refractivity contribution >= 4 is 17.5 Å². The van der Waals surface area contributed by atoms with E-state index in [4.69, 9.17) is 4.98 Å². The van der Waals surface area contributed by atoms with E-state index in [0.29, 0.717) is 60.3 Å². The lowest BCUT2D eigenvalue weighted by Crippen LogP contribution is -2.39. The van der Waals surface area contributed by atoms with E-state index in [2.05, 4.69) is 10.00 Å². The van der Waals surface area contributed by atoms with E-state index in [1.54, 1.807) is 4.90 Å². The van der Waals surface area contributed by atoms with Crippen LogP contribution in [0.5, 0.6) is 0 Å². The van der Waals surface area contributed by atoms with E-state index >= 15 is 0 Å². The molecular formula is C24H31N5O3. The number of piperidine rings is 1. The number of nitrogens with one attached hydrogen (secondary N) is 1. The van der Waals surface area contributed by atoms with Gasteiger partial charge in [0, 0.05) is 56.6 Å². The van der Waals surface area contributed by atoms with Gasteiger partial charge in [0.1, 0.15) is 0 Å². The minimum absolute atomic E-state index is 0.0147. The predicted octanol–water partition coefficient (Wildman–Crippen LogP) is 2.07. The lowest BCUT2D eigenvalue weighted by Gasteiger charge is -2.32. The monoisotopic (exact) mass is 437 g/mol. The van der Waals surface area contributed by atoms with Crippen LogP contribution in [0.4, 0.5) is 0 Å². The molecule has 0 bridgehead atoms. The maximum atomic E-state index is 13.1. The average Bonchev–Trinajstić information content (AvgIpc) is 3.39. The average molecular weight is 438 g/mol. The molecule has 3 fully saturated rings. The van der Waals surface area contributed by atoms with Gasteiger partial charge in [-0.25, -0.2) is 9.50 Å². The molecule has 2 aliphatic heterocycles. The molecule has 4 heterocycles. The number of nitrogens with zero attached hydrogens (tertiary/aromatic N) is 4. The molecule has 2 saturated carbocycles. The summed E-state index contributed by atoms with van der Waals surface area (Å²) in [6, 6.07) is 2.00. The Kier molecular flexibility index (Phi) is 4.66. The highest BCUT2D eigenvalue weighted by atomic mass is 16.2. The maximum Gasteiger partial charge on any atom is 0.277 e. The van der Waals surface area contributed by atoms with Crippen LogP contribution in [0, 0.1) is 17.8 Å². The normalized spacial score (nSPS) is 27.8. The highest BCUT2D eigenvalue weighted by molar-refractivity contribution is 5.82. The number of hydrogen-bond donors (Lipinski definition) is 1. The van der Waals surface area contributed by atoms with Gasteiger partial charge in [0.05, 0.1) is 17.8 Å². The van der Waals surface area contributed by atoms with Gasteiger partial charge >= 0.3 is 0 Å². The molecule has 0 radical (unpaired) electrons. The molecule has 4 aliphatic rings. The third kappa shape index (κ3) is 3.18. The first-order valence-electron chi connectivity index (χ1n) is 12.2. The molecule has 2 amide bonds. The number of carbonyl (C=O) groups excluding carboxylic acids is 2. The summed E-state index contributed by atoms with van der Waals surface area (Å²) in [5.41, 5.74) is 2.99. The number of aromatic nitrogens is 3. The lowest BCUT2D eigenvalue weighted by atomic mass is 9.93. The van der Waals surface area contributed by atoms with Gasteiger partial charge < -0.3 is 9.80 Å². The van der Waals surface area contributed by atoms with E-state index < -0.39 is 0 Å². The second kappa shape index (κ2) is 7.46. The van der Waals surface area contributed by atoms with Crippen LogP contribution in [0.2, 0.25) is 0 Å². The lowest BCUT2D eigenvalue weighted by molar-refractivity contribution is -0.134. The fourth-order valence-corrected chi connectivity index (χ4v) is 6.46. The standard InChI is InChI=1S/C24H31N5O3/c1-14(30)28-11-8-19-18(13-28)23(31)29-21(25-19)12-20(26-29)15-6-9-27(10-7-15)24(32)22-16-4-2-3-5-17(16)22/h12,15-17,22,26H,2-11,13H2,1H3/t16-,17-/m1/s1. The number of H-pyrrole nitrogens is 1. The van der Waals surface area contributed by atoms with Crippen molar-refractivity contribution in [1.29, 1.82) is 0 Å². The fraction of sp³-hybridized carbons (Fsp3) is 0.667. The first-order chi connectivity index (χ1) is 15.5. The van der Waals surface area contributed by atoms with E-state index in [1.807, 2.05) is 6.07 Å². The first-order valence-corrected chi connectivity index (χ1v) is 12.2. The van der Waals surface area contributed by atoms with Crippen molar-refractivity contribution in [2.45, 2.75) is 64.3 Å². The van der Waals surface area contributed by atoms with Crippen LogP contribution < -0.4 is 5.56 Å². The summed E-state index contributed by atoms with van der Waals surface area (Å²) in [4.78, 5) is 46.4. The number of fused-ring (bicyclic) bond motifs is 3. The van der Waals surface area contributed by atoms with E-state index in [1.165, 1.54) is 37.1 Å². The van der Waals surface area contributed by atoms with Crippen LogP contribution in [0.15, 0.2) is 10.9 Å². The molecule has 1 N–H and O–H groups in total. The molecule has 2 aliphatic carbocycles. The van der Waals surface area contributed by atoms with E-state index in [9.17, 15) is 14.4 Å². The van der Waals surface area contributed by atoms with Crippen molar-refractivity contribution < 1.29 is 9.59 Å². The summed E-state index contributed by atoms with van der Waals surface area (Å²) in [5.74, 6) is 2.28. The Hall–Kier alpha value is -2.64. The fourth-order valence-electron chi connectivity index (χ4n) is 6.46. The SMILES string of the molecule is CC(=O)N1CCc2nc3cc(C4CCN(C(=O)C5[C@@H]6CCCC[C@@H]56)CC4)[nH]n3c(=O)c2C1. The summed E-state index contributed by atoms with van der Waals surface area (Å²) >= 11 is 0. The van der Waals surface area contributed by atoms with Crippen molar-refractivity contribution in [1.82, 2.24) is 24.4 Å². The molecule has 0 aromatic carbocycles. The highest BCUT2D eigenvalue weighted by Crippen LogP contribution is 2.56. The second-order valence-electron chi connectivity index (χ2n) is 10.2. The summed E-state index contributed by atoms with van der Waals surface area (Å²) in [7, 11) is 0. The van der Waals surface area contributed by atoms with E-state index in [-0.39, 0.29) is 11.5 Å². The summed E-state index contributed by atoms with van der Waals surface area (Å²) < 4.78 is 1.53. The van der Waals surface area contributed by atoms with Gasteiger partial charge in [0.2, 0.25) is 11.8 Å². The van der Waals surface area contributed by atoms with Crippen molar-refractivity contribution in [3.8, 4) is 0 Å². The number of aromatic amines is 1. The van der Waals surface area contributed by atoms with Crippen LogP contribution in [0.25, 0.3) is 5.65 Å². The van der Waals surface area contributed by atoms with Crippen LogP contribution >= 0.6 is 0 Å². The molecule has 8 nitrogen and oxygen atoms in total. The van der Waals surface area contributed by atoms with Gasteiger partial charge in [-0.05, 0) is 37.5 Å². The Bertz CT molecular complexity index is 1130. The Morgan fingerprint density at radius 2 is 1.75 bits per heavy atom. The topological polar surface area (TPSA) is 90.8 Å². The largest absolute Gasteiger partial charge is 0.342 e. The Balaban J connectivity index is 1.17. The predicted molar refractivity (Wildman–Crippen MR) is 118 cm³/mol. The minimum atomic E-state index is -0.105. The molecule has 6 rings (SSSR count). The minimum Gasteiger partial charge on any atom is -0.342 e. The van der Waals surface area contributed by atoms with Gasteiger partial charge in [-0.3, -0.25) is 19.5 Å². The third-order valence-corrected chi connectivity index (χ3v) is 8.41. The summed E-state index contributed by atoms with van der Waals surface area (Å²) in [5, 5.41) is 3.28. The molecule has 0 unspecified atom stereocenters. The van der Waals surface area contributed by atoms with E-state index in [0.717, 1.165) is 37.3 Å². The van der Waals surface area contributed by atoms with Crippen LogP contribution in [0.3, 0.4) is 0 Å². The molecule has 2 aromatic heterocycles. The zero-order valence-corrected chi connectivity index (χ0v) is 18.7. The number of hydrogen-bond acceptors (Lipinski definition) is 4. The van der Waals surface area contributed by atoms with Crippen molar-refractivity contribution in [2.24, 2.45) is 17.8 Å². The van der Waals surface area contributed by atoms with Crippen LogP contribution in [-0.4, -0.2) is 55.8 Å². The quantitative estimate of drug-likeness (QED) is 0.779. The zero-order chi connectivity index (χ0) is 22.0. The number of carbonyl (C=O) groups is 2. The number of amides is 2. The smallest absolute Gasteiger partial charge is 0.277 e. The molecule has 0 spiro atoms.